The highest BCUT2D eigenvalue weighted by atomic mass is 16.3. The summed E-state index contributed by atoms with van der Waals surface area (Å²) in [5.74, 6) is -0.0817. The molecule has 3 nitrogen and oxygen atoms in total. The van der Waals surface area contributed by atoms with Crippen molar-refractivity contribution in [3.8, 4) is 0 Å². The molecule has 0 bridgehead atoms. The minimum Gasteiger partial charge on any atom is -0.389 e. The van der Waals surface area contributed by atoms with Gasteiger partial charge in [0.05, 0.1) is 12.0 Å². The van der Waals surface area contributed by atoms with Gasteiger partial charge in [-0.3, -0.25) is 4.79 Å². The third-order valence-corrected chi connectivity index (χ3v) is 4.02. The molecule has 19 heavy (non-hydrogen) atoms. The van der Waals surface area contributed by atoms with Crippen molar-refractivity contribution < 1.29 is 9.90 Å². The Hall–Kier alpha value is -1.35. The molecular formula is C16H23NO2. The zero-order valence-electron chi connectivity index (χ0n) is 11.8. The van der Waals surface area contributed by atoms with E-state index in [1.165, 1.54) is 6.42 Å². The van der Waals surface area contributed by atoms with Crippen LogP contribution in [0.1, 0.15) is 49.7 Å². The average molecular weight is 261 g/mol. The lowest BCUT2D eigenvalue weighted by Gasteiger charge is -2.31. The Kier molecular flexibility index (Phi) is 4.25. The molecule has 0 atom stereocenters. The van der Waals surface area contributed by atoms with Gasteiger partial charge < -0.3 is 10.4 Å². The lowest BCUT2D eigenvalue weighted by Crippen LogP contribution is -2.36. The Morgan fingerprint density at radius 3 is 2.37 bits per heavy atom. The van der Waals surface area contributed by atoms with Crippen LogP contribution in [0.4, 0.5) is 5.69 Å². The second-order valence-electron chi connectivity index (χ2n) is 5.78. The van der Waals surface area contributed by atoms with Crippen molar-refractivity contribution in [2.75, 3.05) is 5.32 Å². The van der Waals surface area contributed by atoms with Crippen LogP contribution in [0, 0.1) is 13.8 Å². The van der Waals surface area contributed by atoms with Crippen molar-refractivity contribution >= 4 is 11.6 Å². The second kappa shape index (κ2) is 5.74. The number of para-hydroxylation sites is 1. The summed E-state index contributed by atoms with van der Waals surface area (Å²) < 4.78 is 0. The monoisotopic (exact) mass is 261 g/mol. The standard InChI is InChI=1S/C16H23NO2/c1-12-7-6-8-13(2)15(12)17-14(18)11-16(19)9-4-3-5-10-16/h6-8,19H,3-5,9-11H2,1-2H3,(H,17,18). The number of hydrogen-bond donors (Lipinski definition) is 2. The molecule has 1 aliphatic rings. The summed E-state index contributed by atoms with van der Waals surface area (Å²) in [7, 11) is 0. The van der Waals surface area contributed by atoms with Gasteiger partial charge in [0.2, 0.25) is 5.91 Å². The minimum atomic E-state index is -0.793. The number of aryl methyl sites for hydroxylation is 2. The smallest absolute Gasteiger partial charge is 0.227 e. The lowest BCUT2D eigenvalue weighted by atomic mass is 9.82. The molecule has 3 heteroatoms. The normalized spacial score (nSPS) is 18.1. The summed E-state index contributed by atoms with van der Waals surface area (Å²) in [6.07, 6.45) is 4.91. The number of rotatable bonds is 3. The third-order valence-electron chi connectivity index (χ3n) is 4.02. The molecule has 1 amide bonds. The molecule has 2 N–H and O–H groups in total. The number of hydrogen-bond acceptors (Lipinski definition) is 2. The maximum Gasteiger partial charge on any atom is 0.227 e. The lowest BCUT2D eigenvalue weighted by molar-refractivity contribution is -0.122. The molecule has 0 spiro atoms. The zero-order valence-corrected chi connectivity index (χ0v) is 11.8. The fourth-order valence-corrected chi connectivity index (χ4v) is 2.88. The topological polar surface area (TPSA) is 49.3 Å². The molecule has 1 fully saturated rings. The van der Waals surface area contributed by atoms with E-state index >= 15 is 0 Å². The molecule has 0 aliphatic heterocycles. The zero-order chi connectivity index (χ0) is 13.9. The van der Waals surface area contributed by atoms with Gasteiger partial charge >= 0.3 is 0 Å². The summed E-state index contributed by atoms with van der Waals surface area (Å²) in [5.41, 5.74) is 2.21. The van der Waals surface area contributed by atoms with E-state index in [0.29, 0.717) is 0 Å². The number of aliphatic hydroxyl groups is 1. The van der Waals surface area contributed by atoms with E-state index < -0.39 is 5.60 Å². The van der Waals surface area contributed by atoms with E-state index in [4.69, 9.17) is 0 Å². The van der Waals surface area contributed by atoms with E-state index in [1.54, 1.807) is 0 Å². The molecule has 1 aliphatic carbocycles. The maximum absolute atomic E-state index is 12.1. The average Bonchev–Trinajstić information content (AvgIpc) is 2.34. The van der Waals surface area contributed by atoms with Gasteiger partial charge in [-0.05, 0) is 37.8 Å². The van der Waals surface area contributed by atoms with Crippen molar-refractivity contribution in [1.29, 1.82) is 0 Å². The molecule has 0 heterocycles. The van der Waals surface area contributed by atoms with Crippen LogP contribution >= 0.6 is 0 Å². The number of benzene rings is 1. The van der Waals surface area contributed by atoms with Crippen molar-refractivity contribution in [2.45, 2.75) is 58.0 Å². The largest absolute Gasteiger partial charge is 0.389 e. The number of anilines is 1. The van der Waals surface area contributed by atoms with Gasteiger partial charge in [-0.15, -0.1) is 0 Å². The van der Waals surface area contributed by atoms with E-state index in [-0.39, 0.29) is 12.3 Å². The Balaban J connectivity index is 2.01. The summed E-state index contributed by atoms with van der Waals surface area (Å²) in [6.45, 7) is 3.97. The molecule has 1 saturated carbocycles. The summed E-state index contributed by atoms with van der Waals surface area (Å²) in [6, 6.07) is 5.95. The first-order valence-electron chi connectivity index (χ1n) is 7.09. The van der Waals surface area contributed by atoms with Gasteiger partial charge in [-0.25, -0.2) is 0 Å². The van der Waals surface area contributed by atoms with Crippen LogP contribution in [0.3, 0.4) is 0 Å². The van der Waals surface area contributed by atoms with E-state index in [0.717, 1.165) is 42.5 Å². The van der Waals surface area contributed by atoms with Gasteiger partial charge in [-0.2, -0.15) is 0 Å². The summed E-state index contributed by atoms with van der Waals surface area (Å²) in [4.78, 5) is 12.1. The van der Waals surface area contributed by atoms with Crippen molar-refractivity contribution in [1.82, 2.24) is 0 Å². The molecule has 1 aromatic rings. The minimum absolute atomic E-state index is 0.0817. The fourth-order valence-electron chi connectivity index (χ4n) is 2.88. The maximum atomic E-state index is 12.1. The molecular weight excluding hydrogens is 238 g/mol. The van der Waals surface area contributed by atoms with Crippen molar-refractivity contribution in [2.24, 2.45) is 0 Å². The Bertz CT molecular complexity index is 442. The van der Waals surface area contributed by atoms with Crippen LogP contribution in [-0.4, -0.2) is 16.6 Å². The van der Waals surface area contributed by atoms with Gasteiger partial charge in [0.1, 0.15) is 0 Å². The van der Waals surface area contributed by atoms with E-state index in [1.807, 2.05) is 32.0 Å². The number of carbonyl (C=O) groups excluding carboxylic acids is 1. The van der Waals surface area contributed by atoms with Crippen LogP contribution in [0.5, 0.6) is 0 Å². The van der Waals surface area contributed by atoms with Crippen molar-refractivity contribution in [3.05, 3.63) is 29.3 Å². The molecule has 104 valence electrons. The predicted molar refractivity (Wildman–Crippen MR) is 77.2 cm³/mol. The second-order valence-corrected chi connectivity index (χ2v) is 5.78. The third kappa shape index (κ3) is 3.57. The highest BCUT2D eigenvalue weighted by molar-refractivity contribution is 5.92. The first kappa shape index (κ1) is 14.1. The number of nitrogens with one attached hydrogen (secondary N) is 1. The molecule has 0 aromatic heterocycles. The van der Waals surface area contributed by atoms with Gasteiger partial charge in [-0.1, -0.05) is 37.5 Å². The van der Waals surface area contributed by atoms with Crippen LogP contribution in [-0.2, 0) is 4.79 Å². The first-order chi connectivity index (χ1) is 9.00. The molecule has 1 aromatic carbocycles. The molecule has 0 radical (unpaired) electrons. The number of amides is 1. The Morgan fingerprint density at radius 2 is 1.79 bits per heavy atom. The fraction of sp³-hybridized carbons (Fsp3) is 0.562. The quantitative estimate of drug-likeness (QED) is 0.876. The van der Waals surface area contributed by atoms with Crippen LogP contribution in [0.2, 0.25) is 0 Å². The van der Waals surface area contributed by atoms with Gasteiger partial charge in [0.15, 0.2) is 0 Å². The summed E-state index contributed by atoms with van der Waals surface area (Å²) in [5, 5.41) is 13.3. The van der Waals surface area contributed by atoms with Gasteiger partial charge in [0, 0.05) is 5.69 Å². The van der Waals surface area contributed by atoms with Crippen LogP contribution in [0.25, 0.3) is 0 Å². The SMILES string of the molecule is Cc1cccc(C)c1NC(=O)CC1(O)CCCCC1. The molecule has 0 saturated heterocycles. The number of carbonyl (C=O) groups is 1. The highest BCUT2D eigenvalue weighted by Gasteiger charge is 2.31. The van der Waals surface area contributed by atoms with E-state index in [9.17, 15) is 9.90 Å². The first-order valence-corrected chi connectivity index (χ1v) is 7.09. The molecule has 0 unspecified atom stereocenters. The molecule has 2 rings (SSSR count). The van der Waals surface area contributed by atoms with Crippen molar-refractivity contribution in [3.63, 3.8) is 0 Å². The van der Waals surface area contributed by atoms with Crippen LogP contribution in [0.15, 0.2) is 18.2 Å². The Labute approximate surface area is 115 Å². The Morgan fingerprint density at radius 1 is 1.21 bits per heavy atom. The summed E-state index contributed by atoms with van der Waals surface area (Å²) >= 11 is 0. The van der Waals surface area contributed by atoms with Crippen LogP contribution < -0.4 is 5.32 Å². The van der Waals surface area contributed by atoms with E-state index in [2.05, 4.69) is 5.32 Å². The highest BCUT2D eigenvalue weighted by Crippen LogP contribution is 2.31. The predicted octanol–water partition coefficient (Wildman–Crippen LogP) is 3.33. The van der Waals surface area contributed by atoms with Gasteiger partial charge in [0.25, 0.3) is 0 Å².